The summed E-state index contributed by atoms with van der Waals surface area (Å²) in [6, 6.07) is 8.00. The van der Waals surface area contributed by atoms with Gasteiger partial charge >= 0.3 is 6.18 Å². The molecular weight excluding hydrogens is 516 g/mol. The Kier molecular flexibility index (Phi) is 6.69. The number of carbonyl (C=O) groups is 1. The lowest BCUT2D eigenvalue weighted by atomic mass is 9.66. The quantitative estimate of drug-likeness (QED) is 0.338. The third-order valence-electron chi connectivity index (χ3n) is 6.33. The fraction of sp³-hybridized carbons (Fsp3) is 0.333. The summed E-state index contributed by atoms with van der Waals surface area (Å²) in [5.74, 6) is -2.82. The number of nitrogens with one attached hydrogen (secondary N) is 1. The third-order valence-corrected chi connectivity index (χ3v) is 7.44. The van der Waals surface area contributed by atoms with Crippen molar-refractivity contribution in [1.82, 2.24) is 15.2 Å². The number of alkyl halides is 3. The molecule has 1 amide bonds. The van der Waals surface area contributed by atoms with Crippen molar-refractivity contribution in [2.45, 2.75) is 49.6 Å². The first-order valence-corrected chi connectivity index (χ1v) is 13.0. The maximum Gasteiger partial charge on any atom is 0.435 e. The number of sulfone groups is 1. The molecule has 4 rings (SSSR count). The monoisotopic (exact) mass is 538 g/mol. The van der Waals surface area contributed by atoms with E-state index in [1.807, 2.05) is 6.92 Å². The van der Waals surface area contributed by atoms with Gasteiger partial charge in [-0.25, -0.2) is 8.42 Å². The SMILES string of the molecule is Cc1c(C(F)(F)F)nnc(Oc2ccc(C3(C)CCC3)c(F)n2)c1C(=O)Nc1cccc(S(C)(=O)=O)c1. The second-order valence-corrected chi connectivity index (χ2v) is 11.1. The van der Waals surface area contributed by atoms with Crippen LogP contribution >= 0.6 is 0 Å². The Hall–Kier alpha value is -3.61. The van der Waals surface area contributed by atoms with Gasteiger partial charge in [-0.3, -0.25) is 4.79 Å². The van der Waals surface area contributed by atoms with Gasteiger partial charge in [-0.05, 0) is 55.0 Å². The largest absolute Gasteiger partial charge is 0.435 e. The van der Waals surface area contributed by atoms with Crippen LogP contribution in [0.2, 0.25) is 0 Å². The van der Waals surface area contributed by atoms with Crippen LogP contribution < -0.4 is 10.1 Å². The number of halogens is 4. The predicted molar refractivity (Wildman–Crippen MR) is 125 cm³/mol. The van der Waals surface area contributed by atoms with Crippen LogP contribution in [0.3, 0.4) is 0 Å². The molecule has 0 spiro atoms. The van der Waals surface area contributed by atoms with Gasteiger partial charge in [0, 0.05) is 23.6 Å². The van der Waals surface area contributed by atoms with Crippen molar-refractivity contribution in [3.8, 4) is 11.8 Å². The molecule has 8 nitrogen and oxygen atoms in total. The number of hydrogen-bond donors (Lipinski definition) is 1. The summed E-state index contributed by atoms with van der Waals surface area (Å²) in [5.41, 5.74) is -2.58. The molecule has 0 atom stereocenters. The number of aromatic nitrogens is 3. The van der Waals surface area contributed by atoms with Crippen molar-refractivity contribution in [1.29, 1.82) is 0 Å². The number of pyridine rings is 1. The maximum atomic E-state index is 14.7. The van der Waals surface area contributed by atoms with E-state index in [1.54, 1.807) is 0 Å². The molecule has 0 aliphatic heterocycles. The van der Waals surface area contributed by atoms with Crippen LogP contribution in [0.1, 0.15) is 53.4 Å². The molecule has 196 valence electrons. The first-order valence-electron chi connectivity index (χ1n) is 11.1. The highest BCUT2D eigenvalue weighted by molar-refractivity contribution is 7.90. The number of rotatable bonds is 6. The maximum absolute atomic E-state index is 14.7. The number of amides is 1. The minimum atomic E-state index is -4.93. The zero-order valence-corrected chi connectivity index (χ0v) is 20.8. The fourth-order valence-corrected chi connectivity index (χ4v) is 4.77. The number of anilines is 1. The summed E-state index contributed by atoms with van der Waals surface area (Å²) in [6.07, 6.45) is -1.42. The Morgan fingerprint density at radius 3 is 2.41 bits per heavy atom. The van der Waals surface area contributed by atoms with E-state index in [0.29, 0.717) is 5.56 Å². The average Bonchev–Trinajstić information content (AvgIpc) is 2.76. The lowest BCUT2D eigenvalue weighted by Gasteiger charge is -2.38. The Labute approximate surface area is 210 Å². The van der Waals surface area contributed by atoms with Crippen molar-refractivity contribution >= 4 is 21.4 Å². The van der Waals surface area contributed by atoms with Gasteiger partial charge in [-0.1, -0.05) is 19.4 Å². The van der Waals surface area contributed by atoms with E-state index in [-0.39, 0.29) is 21.9 Å². The second-order valence-electron chi connectivity index (χ2n) is 9.11. The zero-order chi connectivity index (χ0) is 27.2. The number of carbonyl (C=O) groups excluding carboxylic acids is 1. The number of ether oxygens (including phenoxy) is 1. The van der Waals surface area contributed by atoms with Crippen LogP contribution in [0.5, 0.6) is 11.8 Å². The van der Waals surface area contributed by atoms with E-state index in [4.69, 9.17) is 4.74 Å². The van der Waals surface area contributed by atoms with Crippen LogP contribution in [0.25, 0.3) is 0 Å². The predicted octanol–water partition coefficient (Wildman–Crippen LogP) is 5.23. The van der Waals surface area contributed by atoms with Crippen LogP contribution in [-0.2, 0) is 21.4 Å². The van der Waals surface area contributed by atoms with Crippen LogP contribution in [0.15, 0.2) is 41.3 Å². The van der Waals surface area contributed by atoms with Crippen LogP contribution in [0.4, 0.5) is 23.2 Å². The topological polar surface area (TPSA) is 111 Å². The van der Waals surface area contributed by atoms with Crippen molar-refractivity contribution in [3.05, 3.63) is 64.7 Å². The smallest absolute Gasteiger partial charge is 0.418 e. The molecule has 0 saturated heterocycles. The van der Waals surface area contributed by atoms with Crippen molar-refractivity contribution in [2.75, 3.05) is 11.6 Å². The third kappa shape index (κ3) is 5.41. The Bertz CT molecular complexity index is 1490. The molecule has 0 radical (unpaired) electrons. The zero-order valence-electron chi connectivity index (χ0n) is 20.0. The fourth-order valence-electron chi connectivity index (χ4n) is 4.11. The van der Waals surface area contributed by atoms with Crippen molar-refractivity contribution in [2.24, 2.45) is 0 Å². The molecule has 1 N–H and O–H groups in total. The Morgan fingerprint density at radius 1 is 1.14 bits per heavy atom. The molecule has 13 heteroatoms. The van der Waals surface area contributed by atoms with Gasteiger partial charge in [0.2, 0.25) is 11.8 Å². The number of benzene rings is 1. The van der Waals surface area contributed by atoms with Crippen molar-refractivity contribution in [3.63, 3.8) is 0 Å². The number of nitrogens with zero attached hydrogens (tertiary/aromatic N) is 3. The molecule has 1 fully saturated rings. The summed E-state index contributed by atoms with van der Waals surface area (Å²) in [6.45, 7) is 2.92. The summed E-state index contributed by atoms with van der Waals surface area (Å²) < 4.78 is 84.4. The molecule has 3 aromatic rings. The van der Waals surface area contributed by atoms with Gasteiger partial charge in [0.15, 0.2) is 15.5 Å². The van der Waals surface area contributed by atoms with E-state index in [0.717, 1.165) is 38.5 Å². The molecule has 0 bridgehead atoms. The minimum Gasteiger partial charge on any atom is -0.418 e. The molecular formula is C24H22F4N4O4S. The molecule has 1 aromatic carbocycles. The summed E-state index contributed by atoms with van der Waals surface area (Å²) >= 11 is 0. The standard InChI is InChI=1S/C24H22F4N4O4S/c1-13-18(21(33)29-14-6-4-7-15(12-14)37(3,34)35)22(32-31-19(13)24(26,27)28)36-17-9-8-16(20(25)30-17)23(2)10-5-11-23/h4,6-9,12H,5,10-11H2,1-3H3,(H,29,33). The van der Waals surface area contributed by atoms with E-state index in [9.17, 15) is 30.8 Å². The molecule has 37 heavy (non-hydrogen) atoms. The average molecular weight is 539 g/mol. The van der Waals surface area contributed by atoms with E-state index in [2.05, 4.69) is 20.5 Å². The van der Waals surface area contributed by atoms with Gasteiger partial charge in [-0.2, -0.15) is 22.5 Å². The van der Waals surface area contributed by atoms with Gasteiger partial charge < -0.3 is 10.1 Å². The first kappa shape index (κ1) is 26.5. The highest BCUT2D eigenvalue weighted by Gasteiger charge is 2.39. The molecule has 1 aliphatic rings. The van der Waals surface area contributed by atoms with Crippen LogP contribution in [-0.4, -0.2) is 35.8 Å². The van der Waals surface area contributed by atoms with E-state index >= 15 is 0 Å². The van der Waals surface area contributed by atoms with E-state index < -0.39 is 50.6 Å². The van der Waals surface area contributed by atoms with Crippen LogP contribution in [0, 0.1) is 12.9 Å². The molecule has 1 saturated carbocycles. The summed E-state index contributed by atoms with van der Waals surface area (Å²) in [7, 11) is -3.62. The van der Waals surface area contributed by atoms with Gasteiger partial charge in [0.05, 0.1) is 4.90 Å². The lowest BCUT2D eigenvalue weighted by molar-refractivity contribution is -0.142. The Balaban J connectivity index is 1.72. The van der Waals surface area contributed by atoms with E-state index in [1.165, 1.54) is 30.3 Å². The lowest BCUT2D eigenvalue weighted by Crippen LogP contribution is -2.31. The normalized spacial score (nSPS) is 15.1. The van der Waals surface area contributed by atoms with Gasteiger partial charge in [-0.15, -0.1) is 10.2 Å². The number of hydrogen-bond acceptors (Lipinski definition) is 7. The van der Waals surface area contributed by atoms with Gasteiger partial charge in [0.1, 0.15) is 5.56 Å². The molecule has 2 heterocycles. The summed E-state index contributed by atoms with van der Waals surface area (Å²) in [4.78, 5) is 16.8. The molecule has 0 unspecified atom stereocenters. The van der Waals surface area contributed by atoms with Crippen molar-refractivity contribution < 1.29 is 35.5 Å². The molecule has 2 aromatic heterocycles. The highest BCUT2D eigenvalue weighted by atomic mass is 32.2. The molecule has 1 aliphatic carbocycles. The second kappa shape index (κ2) is 9.36. The van der Waals surface area contributed by atoms with Gasteiger partial charge in [0.25, 0.3) is 11.8 Å². The minimum absolute atomic E-state index is 0.00547. The highest BCUT2D eigenvalue weighted by Crippen LogP contribution is 2.44. The summed E-state index contributed by atoms with van der Waals surface area (Å²) in [5, 5.41) is 8.96. The Morgan fingerprint density at radius 2 is 1.84 bits per heavy atom. The first-order chi connectivity index (χ1) is 17.2.